The topological polar surface area (TPSA) is 0 Å². The molecule has 0 N–H and O–H groups in total. The zero-order valence-electron chi connectivity index (χ0n) is 13.9. The van der Waals surface area contributed by atoms with Crippen LogP contribution < -0.4 is 24.8 Å². The molecule has 0 atom stereocenters. The van der Waals surface area contributed by atoms with Gasteiger partial charge in [-0.1, -0.05) is 0 Å². The molecule has 0 nitrogen and oxygen atoms in total. The van der Waals surface area contributed by atoms with Crippen LogP contribution in [0.15, 0.2) is 43.2 Å². The Hall–Kier alpha value is 0.124. The molecule has 0 fully saturated rings. The Morgan fingerprint density at radius 3 is 1.64 bits per heavy atom. The van der Waals surface area contributed by atoms with Crippen LogP contribution in [-0.4, -0.2) is 4.82 Å². The Labute approximate surface area is 155 Å². The van der Waals surface area contributed by atoms with Crippen molar-refractivity contribution in [1.29, 1.82) is 0 Å². The van der Waals surface area contributed by atoms with Gasteiger partial charge in [0.05, 0.1) is 0 Å². The molecular formula is C19H28Cl2Ti. The Kier molecular flexibility index (Phi) is 11.7. The molecule has 0 radical (unpaired) electrons. The van der Waals surface area contributed by atoms with Crippen LogP contribution in [0.2, 0.25) is 0 Å². The van der Waals surface area contributed by atoms with Gasteiger partial charge in [-0.3, -0.25) is 0 Å². The molecule has 0 aromatic rings. The summed E-state index contributed by atoms with van der Waals surface area (Å²) in [6.07, 6.45) is 20.0. The Morgan fingerprint density at radius 2 is 1.27 bits per heavy atom. The molecule has 0 aromatic carbocycles. The van der Waals surface area contributed by atoms with Crippen LogP contribution in [0.25, 0.3) is 0 Å². The average molecular weight is 375 g/mol. The Balaban J connectivity index is 0.00000220. The van der Waals surface area contributed by atoms with E-state index < -0.39 is 17.4 Å². The second-order valence-electron chi connectivity index (χ2n) is 5.99. The smallest absolute Gasteiger partial charge is 1.00 e. The molecule has 122 valence electrons. The molecule has 0 saturated heterocycles. The van der Waals surface area contributed by atoms with Crippen LogP contribution in [0.1, 0.15) is 65.2 Å². The summed E-state index contributed by atoms with van der Waals surface area (Å²) in [6, 6.07) is 0. The van der Waals surface area contributed by atoms with E-state index in [4.69, 9.17) is 0 Å². The fourth-order valence-corrected chi connectivity index (χ4v) is 5.76. The van der Waals surface area contributed by atoms with Gasteiger partial charge in [-0.2, -0.15) is 0 Å². The normalized spacial score (nSPS) is 15.7. The summed E-state index contributed by atoms with van der Waals surface area (Å²) in [5.74, 6) is 0. The van der Waals surface area contributed by atoms with Gasteiger partial charge in [0.2, 0.25) is 0 Å². The van der Waals surface area contributed by atoms with Crippen molar-refractivity contribution in [2.45, 2.75) is 65.2 Å². The fourth-order valence-electron chi connectivity index (χ4n) is 2.90. The molecule has 2 aliphatic carbocycles. The molecule has 0 aromatic heterocycles. The standard InChI is InChI=1S/2C9H13.CH2.2ClH.Ti/c2*1-2-3-6-9-7-4-5-8-9;;;;/h2*7-8H,2-4,6H2,1H3;1H2;2*1H;/q;;;;;+2/p-2. The van der Waals surface area contributed by atoms with Crippen molar-refractivity contribution in [3.05, 3.63) is 43.2 Å². The zero-order valence-corrected chi connectivity index (χ0v) is 17.0. The molecule has 2 rings (SSSR count). The van der Waals surface area contributed by atoms with Gasteiger partial charge in [0, 0.05) is 0 Å². The molecule has 0 amide bonds. The van der Waals surface area contributed by atoms with Crippen LogP contribution in [0.5, 0.6) is 0 Å². The van der Waals surface area contributed by atoms with E-state index in [9.17, 15) is 0 Å². The van der Waals surface area contributed by atoms with Gasteiger partial charge < -0.3 is 24.8 Å². The first-order valence-corrected chi connectivity index (χ1v) is 10.9. The van der Waals surface area contributed by atoms with E-state index in [1.165, 1.54) is 51.4 Å². The monoisotopic (exact) mass is 374 g/mol. The first kappa shape index (κ1) is 22.1. The Morgan fingerprint density at radius 1 is 0.864 bits per heavy atom. The first-order chi connectivity index (χ1) is 9.74. The van der Waals surface area contributed by atoms with E-state index in [0.29, 0.717) is 0 Å². The van der Waals surface area contributed by atoms with Crippen molar-refractivity contribution in [2.24, 2.45) is 0 Å². The molecule has 2 aliphatic rings. The SMILES string of the molecule is [CH2]=[Ti+2]([C]1=CC(CCCC)=CC1)[C]1=CC(CCCC)=CC1.[Cl-].[Cl-]. The maximum absolute atomic E-state index is 4.59. The van der Waals surface area contributed by atoms with Crippen LogP contribution in [0.3, 0.4) is 0 Å². The van der Waals surface area contributed by atoms with Crippen LogP contribution in [0, 0.1) is 0 Å². The maximum atomic E-state index is 4.59. The van der Waals surface area contributed by atoms with Gasteiger partial charge in [0.15, 0.2) is 0 Å². The molecule has 0 aliphatic heterocycles. The number of unbranched alkanes of at least 4 members (excludes halogenated alkanes) is 2. The van der Waals surface area contributed by atoms with Crippen LogP contribution in [-0.2, 0) is 17.4 Å². The average Bonchev–Trinajstić information content (AvgIpc) is 3.11. The molecule has 0 saturated carbocycles. The third-order valence-corrected chi connectivity index (χ3v) is 7.81. The van der Waals surface area contributed by atoms with Gasteiger partial charge in [-0.05, 0) is 0 Å². The van der Waals surface area contributed by atoms with Gasteiger partial charge in [-0.15, -0.1) is 0 Å². The summed E-state index contributed by atoms with van der Waals surface area (Å²) in [5.41, 5.74) is 3.15. The van der Waals surface area contributed by atoms with Crippen molar-refractivity contribution in [3.63, 3.8) is 0 Å². The second kappa shape index (κ2) is 11.6. The predicted octanol–water partition coefficient (Wildman–Crippen LogP) is -0.147. The number of hydrogen-bond donors (Lipinski definition) is 0. The molecule has 3 heteroatoms. The van der Waals surface area contributed by atoms with E-state index in [-0.39, 0.29) is 24.8 Å². The van der Waals surface area contributed by atoms with Crippen molar-refractivity contribution in [2.75, 3.05) is 0 Å². The van der Waals surface area contributed by atoms with Crippen molar-refractivity contribution < 1.29 is 42.2 Å². The summed E-state index contributed by atoms with van der Waals surface area (Å²) >= 11 is -1.38. The molecule has 0 spiro atoms. The zero-order chi connectivity index (χ0) is 14.4. The Bertz CT molecular complexity index is 452. The van der Waals surface area contributed by atoms with Crippen molar-refractivity contribution in [3.8, 4) is 0 Å². The fraction of sp³-hybridized carbons (Fsp3) is 0.526. The van der Waals surface area contributed by atoms with Crippen molar-refractivity contribution >= 4 is 4.82 Å². The van der Waals surface area contributed by atoms with Gasteiger partial charge >= 0.3 is 131 Å². The minimum absolute atomic E-state index is 0. The number of halogens is 2. The molecule has 0 unspecified atom stereocenters. The predicted molar refractivity (Wildman–Crippen MR) is 87.7 cm³/mol. The van der Waals surface area contributed by atoms with E-state index in [2.05, 4.69) is 43.0 Å². The number of hydrogen-bond acceptors (Lipinski definition) is 0. The molecule has 0 bridgehead atoms. The summed E-state index contributed by atoms with van der Waals surface area (Å²) in [7, 11) is 0. The quantitative estimate of drug-likeness (QED) is 0.518. The van der Waals surface area contributed by atoms with E-state index >= 15 is 0 Å². The van der Waals surface area contributed by atoms with Gasteiger partial charge in [0.1, 0.15) is 0 Å². The summed E-state index contributed by atoms with van der Waals surface area (Å²) in [6.45, 7) is 4.54. The third-order valence-electron chi connectivity index (χ3n) is 4.30. The minimum Gasteiger partial charge on any atom is -1.00 e. The minimum atomic E-state index is -1.38. The van der Waals surface area contributed by atoms with E-state index in [0.717, 1.165) is 0 Å². The summed E-state index contributed by atoms with van der Waals surface area (Å²) in [4.78, 5) is 4.59. The van der Waals surface area contributed by atoms with Crippen LogP contribution >= 0.6 is 0 Å². The summed E-state index contributed by atoms with van der Waals surface area (Å²) < 4.78 is 3.37. The largest absolute Gasteiger partial charge is 1.00 e. The summed E-state index contributed by atoms with van der Waals surface area (Å²) in [5, 5.41) is 0. The molecule has 22 heavy (non-hydrogen) atoms. The number of rotatable bonds is 8. The third kappa shape index (κ3) is 6.32. The van der Waals surface area contributed by atoms with Crippen molar-refractivity contribution in [1.82, 2.24) is 0 Å². The van der Waals surface area contributed by atoms with E-state index in [1.807, 2.05) is 0 Å². The maximum Gasteiger partial charge on any atom is -1.00 e. The van der Waals surface area contributed by atoms with Crippen LogP contribution in [0.4, 0.5) is 0 Å². The van der Waals surface area contributed by atoms with E-state index in [1.54, 1.807) is 18.9 Å². The second-order valence-corrected chi connectivity index (χ2v) is 9.49. The molecule has 0 heterocycles. The first-order valence-electron chi connectivity index (χ1n) is 8.23. The van der Waals surface area contributed by atoms with Gasteiger partial charge in [-0.25, -0.2) is 0 Å². The number of allylic oxidation sites excluding steroid dienone is 8. The van der Waals surface area contributed by atoms with Gasteiger partial charge in [0.25, 0.3) is 0 Å². The molecular weight excluding hydrogens is 347 g/mol.